The van der Waals surface area contributed by atoms with Crippen LogP contribution >= 0.6 is 92.8 Å². The van der Waals surface area contributed by atoms with Gasteiger partial charge in [0.25, 0.3) is 15.9 Å². The fourth-order valence-corrected chi connectivity index (χ4v) is 20.1. The van der Waals surface area contributed by atoms with E-state index in [0.717, 1.165) is 45.1 Å². The second-order valence-corrected chi connectivity index (χ2v) is 42.6. The zero-order valence-corrected chi connectivity index (χ0v) is 84.2. The molecule has 732 valence electrons. The van der Waals surface area contributed by atoms with Crippen LogP contribution < -0.4 is 54.8 Å². The topological polar surface area (TPSA) is 454 Å². The highest BCUT2D eigenvalue weighted by Crippen LogP contribution is 2.49. The number of nitrogens with zero attached hydrogens (tertiary/aromatic N) is 13. The number of aromatic amines is 2. The number of rotatable bonds is 22. The first-order chi connectivity index (χ1) is 69.2. The molecular weight excluding hydrogens is 2090 g/mol. The van der Waals surface area contributed by atoms with E-state index < -0.39 is 41.5 Å². The Morgan fingerprint density at radius 1 is 0.434 bits per heavy atom. The number of fused-ring (bicyclic) bond motifs is 3. The fraction of sp³-hybridized carbons (Fsp3) is 0.158. The van der Waals surface area contributed by atoms with Crippen LogP contribution in [-0.2, 0) is 48.9 Å². The first-order valence-corrected chi connectivity index (χ1v) is 52.1. The molecule has 0 bridgehead atoms. The van der Waals surface area contributed by atoms with Crippen molar-refractivity contribution in [3.8, 4) is 70.0 Å². The highest BCUT2D eigenvalue weighted by molar-refractivity contribution is 7.91. The number of H-pyrrole nitrogens is 2. The van der Waals surface area contributed by atoms with E-state index in [1.165, 1.54) is 12.1 Å². The van der Waals surface area contributed by atoms with Crippen LogP contribution in [0, 0.1) is 47.1 Å². The van der Waals surface area contributed by atoms with E-state index in [1.807, 2.05) is 30.3 Å². The number of nitrogens with one attached hydrogen (secondary N) is 2. The van der Waals surface area contributed by atoms with E-state index in [0.29, 0.717) is 136 Å². The Morgan fingerprint density at radius 2 is 0.814 bits per heavy atom. The molecule has 3 aromatic heterocycles. The number of halogens is 8. The number of nitriles is 3. The molecule has 4 aliphatic rings. The van der Waals surface area contributed by atoms with Crippen molar-refractivity contribution in [1.82, 2.24) is 29.6 Å². The van der Waals surface area contributed by atoms with Crippen molar-refractivity contribution in [1.29, 1.82) is 15.8 Å². The molecule has 4 saturated heterocycles. The third-order valence-corrected chi connectivity index (χ3v) is 28.7. The summed E-state index contributed by atoms with van der Waals surface area (Å²) in [5.41, 5.74) is 19.8. The number of nitrogen functional groups attached to an aromatic ring is 1. The number of carbonyl (C=O) groups excluding carboxylic acids is 5. The summed E-state index contributed by atoms with van der Waals surface area (Å²) in [7, 11) is -10.5. The Morgan fingerprint density at radius 3 is 1.21 bits per heavy atom. The molecule has 6 N–H and O–H groups in total. The molecule has 4 fully saturated rings. The number of benzene rings is 12. The lowest BCUT2D eigenvalue weighted by Crippen LogP contribution is -2.24. The highest BCUT2D eigenvalue weighted by Gasteiger charge is 2.39. The van der Waals surface area contributed by atoms with E-state index in [1.54, 1.807) is 202 Å². The molecule has 15 aromatic rings. The van der Waals surface area contributed by atoms with E-state index >= 15 is 0 Å². The van der Waals surface area contributed by atoms with Gasteiger partial charge in [-0.05, 0) is 180 Å². The van der Waals surface area contributed by atoms with E-state index in [9.17, 15) is 65.0 Å². The van der Waals surface area contributed by atoms with Crippen LogP contribution in [-0.4, -0.2) is 135 Å². The fourth-order valence-electron chi connectivity index (χ4n) is 16.7. The number of para-hydroxylation sites is 4. The van der Waals surface area contributed by atoms with Crippen LogP contribution in [0.25, 0.3) is 42.4 Å². The number of ether oxygens (including phenoxy) is 5. The van der Waals surface area contributed by atoms with Crippen LogP contribution in [0.3, 0.4) is 0 Å². The van der Waals surface area contributed by atoms with Crippen molar-refractivity contribution in [2.45, 2.75) is 54.4 Å². The summed E-state index contributed by atoms with van der Waals surface area (Å²) in [6, 6.07) is 66.5. The van der Waals surface area contributed by atoms with Crippen molar-refractivity contribution >= 4 is 225 Å². The van der Waals surface area contributed by atoms with Crippen molar-refractivity contribution < 1.29 is 72.9 Å². The zero-order valence-electron chi connectivity index (χ0n) is 75.7. The third-order valence-electron chi connectivity index (χ3n) is 23.8. The molecule has 19 rings (SSSR count). The summed E-state index contributed by atoms with van der Waals surface area (Å²) in [6.07, 6.45) is 4.21. The number of sulfone groups is 2. The van der Waals surface area contributed by atoms with Crippen molar-refractivity contribution in [3.63, 3.8) is 0 Å². The molecular formula is C101H73Cl8N17O16S3. The quantitative estimate of drug-likeness (QED) is 0.0458. The largest absolute Gasteiger partial charge is 0.476 e. The number of nitrogens with two attached hydrogens (primary N) is 2. The summed E-state index contributed by atoms with van der Waals surface area (Å²) in [5, 5.41) is 49.7. The third kappa shape index (κ3) is 22.6. The minimum absolute atomic E-state index is 0.0423. The minimum Gasteiger partial charge on any atom is -0.476 e. The van der Waals surface area contributed by atoms with Gasteiger partial charge in [-0.25, -0.2) is 34.9 Å². The minimum atomic E-state index is -3.64. The monoisotopic (exact) mass is 2160 g/mol. The van der Waals surface area contributed by atoms with Gasteiger partial charge in [-0.1, -0.05) is 153 Å². The maximum Gasteiger partial charge on any atom is 0.269 e. The van der Waals surface area contributed by atoms with Gasteiger partial charge in [-0.2, -0.15) is 30.1 Å². The summed E-state index contributed by atoms with van der Waals surface area (Å²) in [6.45, 7) is 16.3. The Labute approximate surface area is 868 Å². The Balaban J connectivity index is 0.000000138. The molecule has 0 spiro atoms. The van der Waals surface area contributed by atoms with Gasteiger partial charge >= 0.3 is 0 Å². The standard InChI is InChI=1S/C26H19Cl2N3O5S.C25H19Cl2N5O4S.C25H17Cl2N5O3.C25H18Cl2N4O4S/c1-30-22-5-3-4-21(28)26(22)36-24-11-16(6-8-20(24)27)18-12-25(32)31(14-18)19-7-9-23(17(10-19)13-29)35-15-37(2,33)34;1-29-20-5-3-4-19(27)24(20)36-22-10-14(6-8-18(22)26)15-11-23(33)31(13-15)16-7-9-21-17(12-16)25(28)30-32(21)37(2,34)35;26-18-7-4-13(8-21(18)35-24-14(11-28)2-1-3-19(24)27)15-9-22(33)32(12-15)16-5-6-17-20(10-16)30-31-23(17)25(29)34;1-36(33,34)25-18-7-6-17(11-21(18)29-30-25)31-13-16(10-23(31)32)14-5-8-19(26)22(9-14)35-24-15(12-28)3-2-4-20(24)27/h3-11,18H,12,14-15H2,2H3;3-10,12,15H,11,13H2,2H3,(H2,28,30);1-8,10,15H,9,12H2,(H2,29,34)(H,30,31);2-9,11,16H,10,13H2,1H3,(H,29,30)/t18-;2*15-;16-/m0000/s1. The van der Waals surface area contributed by atoms with Gasteiger partial charge in [0.15, 0.2) is 65.1 Å². The van der Waals surface area contributed by atoms with Gasteiger partial charge in [0.1, 0.15) is 47.0 Å². The lowest BCUT2D eigenvalue weighted by molar-refractivity contribution is -0.118. The van der Waals surface area contributed by atoms with Crippen LogP contribution in [0.2, 0.25) is 40.2 Å². The number of carbonyl (C=O) groups is 5. The van der Waals surface area contributed by atoms with Crippen molar-refractivity contribution in [3.05, 3.63) is 326 Å². The molecule has 33 nitrogen and oxygen atoms in total. The van der Waals surface area contributed by atoms with Gasteiger partial charge in [0, 0.05) is 127 Å². The van der Waals surface area contributed by atoms with Crippen LogP contribution in [0.15, 0.2) is 223 Å². The maximum atomic E-state index is 13.0. The molecule has 145 heavy (non-hydrogen) atoms. The molecule has 12 aromatic carbocycles. The second-order valence-electron chi connectivity index (χ2n) is 33.5. The molecule has 4 aliphatic heterocycles. The van der Waals surface area contributed by atoms with Gasteiger partial charge in [0.2, 0.25) is 35.0 Å². The van der Waals surface area contributed by atoms with Crippen LogP contribution in [0.4, 0.5) is 39.9 Å². The molecule has 0 unspecified atom stereocenters. The van der Waals surface area contributed by atoms with Gasteiger partial charge in [-0.3, -0.25) is 34.2 Å². The lowest BCUT2D eigenvalue weighted by atomic mass is 9.98. The van der Waals surface area contributed by atoms with Gasteiger partial charge in [0.05, 0.1) is 92.8 Å². The smallest absolute Gasteiger partial charge is 0.269 e. The van der Waals surface area contributed by atoms with E-state index in [-0.39, 0.29) is 155 Å². The number of primary amides is 1. The second kappa shape index (κ2) is 42.8. The predicted octanol–water partition coefficient (Wildman–Crippen LogP) is 22.3. The summed E-state index contributed by atoms with van der Waals surface area (Å²) >= 11 is 50.4. The molecule has 0 radical (unpaired) electrons. The first-order valence-electron chi connectivity index (χ1n) is 43.3. The summed E-state index contributed by atoms with van der Waals surface area (Å²) in [4.78, 5) is 76.6. The normalized spacial score (nSPS) is 15.6. The van der Waals surface area contributed by atoms with Crippen LogP contribution in [0.1, 0.15) is 98.8 Å². The molecule has 0 aliphatic carbocycles. The molecule has 4 atom stereocenters. The Kier molecular flexibility index (Phi) is 30.3. The van der Waals surface area contributed by atoms with Crippen molar-refractivity contribution in [2.24, 2.45) is 5.73 Å². The molecule has 0 saturated carbocycles. The zero-order chi connectivity index (χ0) is 104. The van der Waals surface area contributed by atoms with Gasteiger partial charge < -0.3 is 54.8 Å². The number of hydrogen-bond donors (Lipinski definition) is 4. The number of hydrogen-bond acceptors (Lipinski definition) is 23. The summed E-state index contributed by atoms with van der Waals surface area (Å²) < 4.78 is 101. The average molecular weight is 2160 g/mol. The number of anilines is 5. The maximum absolute atomic E-state index is 13.0. The molecule has 5 amide bonds. The van der Waals surface area contributed by atoms with Gasteiger partial charge in [-0.15, -0.1) is 5.10 Å². The Bertz CT molecular complexity index is 8470. The van der Waals surface area contributed by atoms with E-state index in [2.05, 4.69) is 47.3 Å². The molecule has 44 heteroatoms. The highest BCUT2D eigenvalue weighted by atomic mass is 35.5. The van der Waals surface area contributed by atoms with Crippen LogP contribution in [0.5, 0.6) is 51.7 Å². The SMILES string of the molecule is CS(=O)(=O)c1[nH]nc2cc(N3C[C@@H](c4ccc(Cl)c(Oc5c(Cl)cccc5C#N)c4)CC3=O)ccc12.N#Cc1cccc(Cl)c1Oc1cc([C@H]2CC(=O)N(c3ccc4c(C(N)=O)n[nH]c4c3)C2)ccc1Cl.[C-]#[N+]c1cccc(Cl)c1Oc1cc([C@H]2CC(=O)N(c3ccc(OCS(C)(=O)=O)c(C#N)c3)C2)ccc1Cl.[C-]#[N+]c1cccc(Cl)c1Oc1cc([C@H]2CC(=O)N(c3ccc4c(c3)c(N)nn4S(C)(=O)=O)C2)ccc1Cl. The average Bonchev–Trinajstić information content (AvgIpc) is 1.61. The summed E-state index contributed by atoms with van der Waals surface area (Å²) in [5.74, 6) is 0.197. The molecule has 7 heterocycles. The lowest BCUT2D eigenvalue weighted by Gasteiger charge is -2.19. The van der Waals surface area contributed by atoms with Crippen molar-refractivity contribution in [2.75, 3.05) is 76.2 Å². The van der Waals surface area contributed by atoms with E-state index in [4.69, 9.17) is 141 Å². The number of amides is 5. The Hall–Kier alpha value is -15.2. The number of aromatic nitrogens is 6. The first kappa shape index (κ1) is 103. The predicted molar refractivity (Wildman–Crippen MR) is 552 cm³/mol.